The third-order valence-corrected chi connectivity index (χ3v) is 3.73. The first kappa shape index (κ1) is 14.2. The van der Waals surface area contributed by atoms with Gasteiger partial charge in [-0.1, -0.05) is 13.8 Å². The number of hydrogen-bond acceptors (Lipinski definition) is 3. The molecule has 1 heterocycles. The van der Waals surface area contributed by atoms with Crippen LogP contribution in [0, 0.1) is 6.92 Å². The van der Waals surface area contributed by atoms with Gasteiger partial charge >= 0.3 is 0 Å². The maximum absolute atomic E-state index is 5.33. The second kappa shape index (κ2) is 6.29. The van der Waals surface area contributed by atoms with E-state index < -0.39 is 0 Å². The maximum Gasteiger partial charge on any atom is 0.121 e. The molecule has 1 N–H and O–H groups in total. The lowest BCUT2D eigenvalue weighted by atomic mass is 10.0. The molecule has 0 aromatic heterocycles. The molecule has 0 bridgehead atoms. The highest BCUT2D eigenvalue weighted by Gasteiger charge is 2.20. The molecule has 1 fully saturated rings. The summed E-state index contributed by atoms with van der Waals surface area (Å²) in [6.07, 6.45) is 2.54. The van der Waals surface area contributed by atoms with Crippen molar-refractivity contribution < 1.29 is 4.74 Å². The highest BCUT2D eigenvalue weighted by atomic mass is 16.5. The van der Waals surface area contributed by atoms with Gasteiger partial charge in [-0.3, -0.25) is 0 Å². The topological polar surface area (TPSA) is 24.5 Å². The number of anilines is 1. The molecule has 19 heavy (non-hydrogen) atoms. The molecule has 106 valence electrons. The van der Waals surface area contributed by atoms with Crippen molar-refractivity contribution in [3.8, 4) is 5.75 Å². The Balaban J connectivity index is 2.06. The van der Waals surface area contributed by atoms with Gasteiger partial charge in [-0.15, -0.1) is 0 Å². The van der Waals surface area contributed by atoms with Gasteiger partial charge in [0.15, 0.2) is 0 Å². The molecule has 0 saturated carbocycles. The molecule has 1 aliphatic heterocycles. The fraction of sp³-hybridized carbons (Fsp3) is 0.625. The monoisotopic (exact) mass is 262 g/mol. The van der Waals surface area contributed by atoms with Gasteiger partial charge in [0.2, 0.25) is 0 Å². The molecule has 1 aromatic rings. The largest absolute Gasteiger partial charge is 0.496 e. The average Bonchev–Trinajstić information content (AvgIpc) is 2.38. The van der Waals surface area contributed by atoms with Crippen molar-refractivity contribution in [3.63, 3.8) is 0 Å². The van der Waals surface area contributed by atoms with Crippen molar-refractivity contribution in [1.29, 1.82) is 0 Å². The van der Waals surface area contributed by atoms with Crippen LogP contribution in [0.3, 0.4) is 0 Å². The van der Waals surface area contributed by atoms with E-state index >= 15 is 0 Å². The number of nitrogens with zero attached hydrogens (tertiary/aromatic N) is 1. The van der Waals surface area contributed by atoms with Crippen molar-refractivity contribution in [1.82, 2.24) is 5.32 Å². The summed E-state index contributed by atoms with van der Waals surface area (Å²) in [6.45, 7) is 8.80. The van der Waals surface area contributed by atoms with E-state index in [1.54, 1.807) is 7.11 Å². The van der Waals surface area contributed by atoms with Crippen LogP contribution in [0.25, 0.3) is 0 Å². The number of piperidine rings is 1. The zero-order chi connectivity index (χ0) is 13.8. The SMILES string of the molecule is COc1ccc(N2CCCC(NC(C)C)C2)cc1C. The number of nitrogens with one attached hydrogen (secondary N) is 1. The number of methoxy groups -OCH3 is 1. The van der Waals surface area contributed by atoms with E-state index in [1.165, 1.54) is 24.1 Å². The molecule has 3 heteroatoms. The molecule has 1 atom stereocenters. The Morgan fingerprint density at radius 1 is 1.37 bits per heavy atom. The summed E-state index contributed by atoms with van der Waals surface area (Å²) in [6, 6.07) is 7.64. The quantitative estimate of drug-likeness (QED) is 0.903. The summed E-state index contributed by atoms with van der Waals surface area (Å²) in [5, 5.41) is 3.65. The Labute approximate surface area is 116 Å². The van der Waals surface area contributed by atoms with E-state index in [-0.39, 0.29) is 0 Å². The fourth-order valence-electron chi connectivity index (χ4n) is 2.88. The van der Waals surface area contributed by atoms with E-state index in [4.69, 9.17) is 4.74 Å². The predicted molar refractivity (Wildman–Crippen MR) is 81.2 cm³/mol. The van der Waals surface area contributed by atoms with Gasteiger partial charge in [-0.05, 0) is 43.5 Å². The minimum Gasteiger partial charge on any atom is -0.496 e. The van der Waals surface area contributed by atoms with E-state index in [0.29, 0.717) is 12.1 Å². The van der Waals surface area contributed by atoms with Gasteiger partial charge in [0.1, 0.15) is 5.75 Å². The Morgan fingerprint density at radius 2 is 2.16 bits per heavy atom. The second-order valence-electron chi connectivity index (χ2n) is 5.76. The molecule has 0 spiro atoms. The Bertz CT molecular complexity index is 417. The summed E-state index contributed by atoms with van der Waals surface area (Å²) < 4.78 is 5.33. The Hall–Kier alpha value is -1.22. The highest BCUT2D eigenvalue weighted by Crippen LogP contribution is 2.26. The molecular weight excluding hydrogens is 236 g/mol. The summed E-state index contributed by atoms with van der Waals surface area (Å²) in [5.41, 5.74) is 2.52. The smallest absolute Gasteiger partial charge is 0.121 e. The van der Waals surface area contributed by atoms with E-state index in [0.717, 1.165) is 18.8 Å². The van der Waals surface area contributed by atoms with Crippen LogP contribution in [-0.4, -0.2) is 32.3 Å². The fourth-order valence-corrected chi connectivity index (χ4v) is 2.88. The summed E-state index contributed by atoms with van der Waals surface area (Å²) >= 11 is 0. The zero-order valence-corrected chi connectivity index (χ0v) is 12.6. The van der Waals surface area contributed by atoms with E-state index in [2.05, 4.69) is 49.2 Å². The van der Waals surface area contributed by atoms with Gasteiger partial charge in [-0.2, -0.15) is 0 Å². The van der Waals surface area contributed by atoms with Crippen LogP contribution in [0.15, 0.2) is 18.2 Å². The van der Waals surface area contributed by atoms with E-state index in [1.807, 2.05) is 0 Å². The van der Waals surface area contributed by atoms with Crippen molar-refractivity contribution in [3.05, 3.63) is 23.8 Å². The predicted octanol–water partition coefficient (Wildman–Crippen LogP) is 2.97. The summed E-state index contributed by atoms with van der Waals surface area (Å²) in [7, 11) is 1.73. The number of ether oxygens (including phenoxy) is 1. The molecule has 1 aromatic carbocycles. The van der Waals surface area contributed by atoms with Crippen LogP contribution in [0.1, 0.15) is 32.3 Å². The average molecular weight is 262 g/mol. The number of rotatable bonds is 4. The first-order valence-corrected chi connectivity index (χ1v) is 7.26. The summed E-state index contributed by atoms with van der Waals surface area (Å²) in [5.74, 6) is 0.970. The standard InChI is InChI=1S/C16H26N2O/c1-12(2)17-14-6-5-9-18(11-14)15-7-8-16(19-4)13(3)10-15/h7-8,10,12,14,17H,5-6,9,11H2,1-4H3. The highest BCUT2D eigenvalue weighted by molar-refractivity contribution is 5.53. The zero-order valence-electron chi connectivity index (χ0n) is 12.6. The second-order valence-corrected chi connectivity index (χ2v) is 5.76. The van der Waals surface area contributed by atoms with Crippen molar-refractivity contribution >= 4 is 5.69 Å². The normalized spacial score (nSPS) is 19.8. The lowest BCUT2D eigenvalue weighted by molar-refractivity contribution is 0.394. The van der Waals surface area contributed by atoms with Crippen molar-refractivity contribution in [2.24, 2.45) is 0 Å². The summed E-state index contributed by atoms with van der Waals surface area (Å²) in [4.78, 5) is 2.48. The lowest BCUT2D eigenvalue weighted by Crippen LogP contribution is -2.47. The van der Waals surface area contributed by atoms with E-state index in [9.17, 15) is 0 Å². The molecule has 1 saturated heterocycles. The van der Waals surface area contributed by atoms with Crippen LogP contribution in [0.5, 0.6) is 5.75 Å². The van der Waals surface area contributed by atoms with Crippen LogP contribution in [0.4, 0.5) is 5.69 Å². The molecule has 0 aliphatic carbocycles. The number of aryl methyl sites for hydroxylation is 1. The third-order valence-electron chi connectivity index (χ3n) is 3.73. The molecule has 1 aliphatic rings. The Kier molecular flexibility index (Phi) is 4.70. The van der Waals surface area contributed by atoms with Crippen molar-refractivity contribution in [2.45, 2.75) is 45.7 Å². The molecule has 3 nitrogen and oxygen atoms in total. The van der Waals surface area contributed by atoms with Gasteiger partial charge in [0, 0.05) is 30.9 Å². The molecule has 0 radical (unpaired) electrons. The Morgan fingerprint density at radius 3 is 2.79 bits per heavy atom. The third kappa shape index (κ3) is 3.63. The van der Waals surface area contributed by atoms with Crippen LogP contribution >= 0.6 is 0 Å². The molecule has 0 amide bonds. The van der Waals surface area contributed by atoms with Gasteiger partial charge in [-0.25, -0.2) is 0 Å². The minimum absolute atomic E-state index is 0.558. The molecule has 2 rings (SSSR count). The van der Waals surface area contributed by atoms with Crippen LogP contribution < -0.4 is 15.0 Å². The van der Waals surface area contributed by atoms with Crippen LogP contribution in [0.2, 0.25) is 0 Å². The van der Waals surface area contributed by atoms with Gasteiger partial charge in [0.05, 0.1) is 7.11 Å². The minimum atomic E-state index is 0.558. The number of benzene rings is 1. The first-order valence-electron chi connectivity index (χ1n) is 7.26. The first-order chi connectivity index (χ1) is 9.10. The number of hydrogen-bond donors (Lipinski definition) is 1. The van der Waals surface area contributed by atoms with Gasteiger partial charge in [0.25, 0.3) is 0 Å². The van der Waals surface area contributed by atoms with Crippen LogP contribution in [-0.2, 0) is 0 Å². The lowest BCUT2D eigenvalue weighted by Gasteiger charge is -2.36. The molecular formula is C16H26N2O. The molecule has 1 unspecified atom stereocenters. The van der Waals surface area contributed by atoms with Gasteiger partial charge < -0.3 is 15.0 Å². The van der Waals surface area contributed by atoms with Crippen molar-refractivity contribution in [2.75, 3.05) is 25.1 Å². The maximum atomic E-state index is 5.33.